The van der Waals surface area contributed by atoms with Crippen LogP contribution in [0.25, 0.3) is 0 Å². The first kappa shape index (κ1) is 37.8. The molecule has 3 saturated carbocycles. The van der Waals surface area contributed by atoms with Crippen LogP contribution < -0.4 is 20.4 Å². The molecule has 2 aromatic carbocycles. The molecule has 0 unspecified atom stereocenters. The molecule has 0 atom stereocenters. The van der Waals surface area contributed by atoms with E-state index in [9.17, 15) is 9.59 Å². The SMILES string of the molecule is CN(C)c1ccc(NC(=O)N(CC2CCC(CN(C(=O)Nc3ccc(N(C)C)cc3)C3CCCCCCC3)CC2)C2CCCCCCC2)cc1. The van der Waals surface area contributed by atoms with Crippen LogP contribution in [0.15, 0.2) is 48.5 Å². The third-order valence-corrected chi connectivity index (χ3v) is 11.7. The zero-order valence-electron chi connectivity index (χ0n) is 31.7. The predicted octanol–water partition coefficient (Wildman–Crippen LogP) is 10.2. The number of hydrogen-bond donors (Lipinski definition) is 2. The summed E-state index contributed by atoms with van der Waals surface area (Å²) in [7, 11) is 8.15. The number of rotatable bonds is 10. The molecule has 50 heavy (non-hydrogen) atoms. The molecule has 0 radical (unpaired) electrons. The Kier molecular flexibility index (Phi) is 14.6. The van der Waals surface area contributed by atoms with E-state index in [1.54, 1.807) is 0 Å². The van der Waals surface area contributed by atoms with Gasteiger partial charge in [0.05, 0.1) is 0 Å². The van der Waals surface area contributed by atoms with E-state index < -0.39 is 0 Å². The second-order valence-electron chi connectivity index (χ2n) is 15.9. The number of nitrogens with one attached hydrogen (secondary N) is 2. The molecule has 0 bridgehead atoms. The molecule has 5 rings (SSSR count). The molecule has 0 saturated heterocycles. The van der Waals surface area contributed by atoms with Crippen LogP contribution >= 0.6 is 0 Å². The monoisotopic (exact) mass is 687 g/mol. The molecule has 8 nitrogen and oxygen atoms in total. The van der Waals surface area contributed by atoms with Crippen LogP contribution in [0, 0.1) is 11.8 Å². The van der Waals surface area contributed by atoms with Crippen LogP contribution in [-0.4, -0.2) is 75.2 Å². The van der Waals surface area contributed by atoms with Crippen LogP contribution in [-0.2, 0) is 0 Å². The van der Waals surface area contributed by atoms with Gasteiger partial charge in [0, 0.05) is 76.1 Å². The molecule has 0 aliphatic heterocycles. The average Bonchev–Trinajstić information content (AvgIpc) is 3.07. The number of benzene rings is 2. The van der Waals surface area contributed by atoms with Gasteiger partial charge in [0.2, 0.25) is 0 Å². The molecule has 8 heteroatoms. The molecule has 0 spiro atoms. The Hall–Kier alpha value is -3.42. The second-order valence-corrected chi connectivity index (χ2v) is 15.9. The Balaban J connectivity index is 1.22. The summed E-state index contributed by atoms with van der Waals surface area (Å²) in [5.74, 6) is 0.995. The minimum atomic E-state index is 0.0565. The van der Waals surface area contributed by atoms with Gasteiger partial charge in [-0.2, -0.15) is 0 Å². The summed E-state index contributed by atoms with van der Waals surface area (Å²) in [6.45, 7) is 1.66. The third-order valence-electron chi connectivity index (χ3n) is 11.7. The van der Waals surface area contributed by atoms with E-state index in [-0.39, 0.29) is 12.1 Å². The van der Waals surface area contributed by atoms with Gasteiger partial charge in [-0.15, -0.1) is 0 Å². The van der Waals surface area contributed by atoms with E-state index >= 15 is 0 Å². The van der Waals surface area contributed by atoms with Crippen molar-refractivity contribution >= 4 is 34.8 Å². The fraction of sp³-hybridized carbons (Fsp3) is 0.667. The van der Waals surface area contributed by atoms with Gasteiger partial charge < -0.3 is 30.2 Å². The number of nitrogens with zero attached hydrogens (tertiary/aromatic N) is 4. The maximum atomic E-state index is 14.0. The molecule has 2 aromatic rings. The summed E-state index contributed by atoms with van der Waals surface area (Å²) < 4.78 is 0. The first-order chi connectivity index (χ1) is 24.3. The third kappa shape index (κ3) is 11.3. The Morgan fingerprint density at radius 3 is 1.08 bits per heavy atom. The van der Waals surface area contributed by atoms with Gasteiger partial charge in [-0.05, 0) is 112 Å². The van der Waals surface area contributed by atoms with Crippen molar-refractivity contribution in [3.8, 4) is 0 Å². The fourth-order valence-electron chi connectivity index (χ4n) is 8.52. The van der Waals surface area contributed by atoms with Crippen molar-refractivity contribution in [2.75, 3.05) is 61.7 Å². The van der Waals surface area contributed by atoms with Crippen molar-refractivity contribution < 1.29 is 9.59 Å². The number of anilines is 4. The number of amides is 4. The fourth-order valence-corrected chi connectivity index (χ4v) is 8.52. The van der Waals surface area contributed by atoms with Crippen LogP contribution in [0.3, 0.4) is 0 Å². The standard InChI is InChI=1S/C42H66N6O2/c1-45(2)37-27-23-35(24-28-37)43-41(49)47(39-15-11-7-5-8-12-16-39)31-33-19-21-34(22-20-33)32-48(40-17-13-9-6-10-14-18-40)42(50)44-36-25-29-38(30-26-36)46(3)4/h23-30,33-34,39-40H,5-22,31-32H2,1-4H3,(H,43,49)(H,44,50). The van der Waals surface area contributed by atoms with E-state index in [0.717, 1.165) is 87.2 Å². The van der Waals surface area contributed by atoms with Gasteiger partial charge in [0.1, 0.15) is 0 Å². The first-order valence-corrected chi connectivity index (χ1v) is 20.0. The molecule has 3 aliphatic carbocycles. The lowest BCUT2D eigenvalue weighted by Crippen LogP contribution is -2.47. The molecule has 0 heterocycles. The lowest BCUT2D eigenvalue weighted by Gasteiger charge is -2.40. The number of carbonyl (C=O) groups is 2. The van der Waals surface area contributed by atoms with E-state index in [1.165, 1.54) is 64.2 Å². The molecule has 3 aliphatic rings. The highest BCUT2D eigenvalue weighted by Crippen LogP contribution is 2.34. The molecule has 3 fully saturated rings. The minimum absolute atomic E-state index is 0.0565. The zero-order chi connectivity index (χ0) is 35.3. The van der Waals surface area contributed by atoms with Gasteiger partial charge in [-0.25, -0.2) is 9.59 Å². The van der Waals surface area contributed by atoms with E-state index in [0.29, 0.717) is 23.9 Å². The maximum Gasteiger partial charge on any atom is 0.322 e. The predicted molar refractivity (Wildman–Crippen MR) is 211 cm³/mol. The maximum absolute atomic E-state index is 14.0. The van der Waals surface area contributed by atoms with Gasteiger partial charge in [0.25, 0.3) is 0 Å². The highest BCUT2D eigenvalue weighted by atomic mass is 16.2. The summed E-state index contributed by atoms with van der Waals surface area (Å²) in [6, 6.07) is 17.1. The summed E-state index contributed by atoms with van der Waals surface area (Å²) in [5.41, 5.74) is 3.98. The number of carbonyl (C=O) groups excluding carboxylic acids is 2. The van der Waals surface area contributed by atoms with Crippen LogP contribution in [0.5, 0.6) is 0 Å². The Labute approximate surface area is 303 Å². The van der Waals surface area contributed by atoms with Crippen LogP contribution in [0.2, 0.25) is 0 Å². The molecule has 4 amide bonds. The second kappa shape index (κ2) is 19.3. The molecule has 276 valence electrons. The smallest absolute Gasteiger partial charge is 0.322 e. The normalized spacial score (nSPS) is 21.1. The Morgan fingerprint density at radius 2 is 0.780 bits per heavy atom. The van der Waals surface area contributed by atoms with Crippen molar-refractivity contribution in [2.45, 2.75) is 128 Å². The van der Waals surface area contributed by atoms with Gasteiger partial charge in [-0.3, -0.25) is 0 Å². The van der Waals surface area contributed by atoms with Crippen molar-refractivity contribution in [1.29, 1.82) is 0 Å². The highest BCUT2D eigenvalue weighted by Gasteiger charge is 2.32. The van der Waals surface area contributed by atoms with Crippen LogP contribution in [0.1, 0.15) is 116 Å². The lowest BCUT2D eigenvalue weighted by molar-refractivity contribution is 0.121. The largest absolute Gasteiger partial charge is 0.378 e. The van der Waals surface area contributed by atoms with Crippen molar-refractivity contribution in [2.24, 2.45) is 11.8 Å². The molecular weight excluding hydrogens is 621 g/mol. The topological polar surface area (TPSA) is 71.2 Å². The summed E-state index contributed by atoms with van der Waals surface area (Å²) >= 11 is 0. The summed E-state index contributed by atoms with van der Waals surface area (Å²) in [5, 5.41) is 6.54. The molecule has 2 N–H and O–H groups in total. The first-order valence-electron chi connectivity index (χ1n) is 20.0. The van der Waals surface area contributed by atoms with E-state index in [2.05, 4.69) is 54.5 Å². The highest BCUT2D eigenvalue weighted by molar-refractivity contribution is 5.90. The Bertz CT molecular complexity index is 1190. The Morgan fingerprint density at radius 1 is 0.480 bits per heavy atom. The number of hydrogen-bond acceptors (Lipinski definition) is 4. The van der Waals surface area contributed by atoms with Crippen molar-refractivity contribution in [1.82, 2.24) is 9.80 Å². The minimum Gasteiger partial charge on any atom is -0.378 e. The summed E-state index contributed by atoms with van der Waals surface area (Å²) in [6.07, 6.45) is 21.4. The van der Waals surface area contributed by atoms with E-state index in [1.807, 2.05) is 52.5 Å². The average molecular weight is 687 g/mol. The summed E-state index contributed by atoms with van der Waals surface area (Å²) in [4.78, 5) is 36.5. The van der Waals surface area contributed by atoms with Crippen LogP contribution in [0.4, 0.5) is 32.3 Å². The van der Waals surface area contributed by atoms with Crippen molar-refractivity contribution in [3.05, 3.63) is 48.5 Å². The number of urea groups is 2. The van der Waals surface area contributed by atoms with E-state index in [4.69, 9.17) is 0 Å². The molecular formula is C42H66N6O2. The van der Waals surface area contributed by atoms with Gasteiger partial charge >= 0.3 is 12.1 Å². The lowest BCUT2D eigenvalue weighted by atomic mass is 9.80. The van der Waals surface area contributed by atoms with Crippen molar-refractivity contribution in [3.63, 3.8) is 0 Å². The zero-order valence-corrected chi connectivity index (χ0v) is 31.7. The van der Waals surface area contributed by atoms with Gasteiger partial charge in [-0.1, -0.05) is 64.2 Å². The van der Waals surface area contributed by atoms with Gasteiger partial charge in [0.15, 0.2) is 0 Å². The molecule has 0 aromatic heterocycles. The quantitative estimate of drug-likeness (QED) is 0.261.